The van der Waals surface area contributed by atoms with Crippen LogP contribution in [0.1, 0.15) is 0 Å². The lowest BCUT2D eigenvalue weighted by molar-refractivity contribution is 0.415. The van der Waals surface area contributed by atoms with Crippen LogP contribution in [0.4, 0.5) is 11.4 Å². The number of rotatable bonds is 2. The maximum Gasteiger partial charge on any atom is 0.120 e. The van der Waals surface area contributed by atoms with Crippen molar-refractivity contribution in [3.05, 3.63) is 28.6 Å². The van der Waals surface area contributed by atoms with Gasteiger partial charge in [-0.3, -0.25) is 0 Å². The van der Waals surface area contributed by atoms with Gasteiger partial charge in [-0.25, -0.2) is 0 Å². The van der Waals surface area contributed by atoms with E-state index in [2.05, 4.69) is 10.0 Å². The fourth-order valence-corrected chi connectivity index (χ4v) is 0.799. The van der Waals surface area contributed by atoms with Gasteiger partial charge in [0.25, 0.3) is 0 Å². The molecule has 0 amide bonds. The second kappa shape index (κ2) is 3.50. The molecular weight excluding hydrogens is 156 g/mol. The number of ether oxygens (including phenoxy) is 1. The molecule has 0 saturated heterocycles. The zero-order valence-electron chi connectivity index (χ0n) is 6.56. The van der Waals surface area contributed by atoms with E-state index in [1.54, 1.807) is 25.3 Å². The van der Waals surface area contributed by atoms with Crippen LogP contribution in [0.3, 0.4) is 0 Å². The van der Waals surface area contributed by atoms with Crippen molar-refractivity contribution in [1.82, 2.24) is 0 Å². The first-order valence-corrected chi connectivity index (χ1v) is 3.26. The molecule has 5 nitrogen and oxygen atoms in total. The molecule has 12 heavy (non-hydrogen) atoms. The molecule has 1 rings (SSSR count). The lowest BCUT2D eigenvalue weighted by Crippen LogP contribution is -1.87. The molecule has 2 N–H and O–H groups in total. The predicted molar refractivity (Wildman–Crippen MR) is 46.2 cm³/mol. The van der Waals surface area contributed by atoms with E-state index in [4.69, 9.17) is 16.0 Å². The first kappa shape index (κ1) is 8.23. The van der Waals surface area contributed by atoms with Gasteiger partial charge in [0.1, 0.15) is 5.75 Å². The maximum absolute atomic E-state index is 8.14. The zero-order valence-corrected chi connectivity index (χ0v) is 6.56. The minimum atomic E-state index is 0.409. The van der Waals surface area contributed by atoms with Crippen LogP contribution in [0.25, 0.3) is 10.4 Å². The first-order chi connectivity index (χ1) is 5.77. The van der Waals surface area contributed by atoms with Crippen molar-refractivity contribution < 1.29 is 4.74 Å². The normalized spacial score (nSPS) is 8.75. The summed E-state index contributed by atoms with van der Waals surface area (Å²) in [6.45, 7) is 0. The van der Waals surface area contributed by atoms with Crippen molar-refractivity contribution in [1.29, 1.82) is 0 Å². The second-order valence-electron chi connectivity index (χ2n) is 2.11. The van der Waals surface area contributed by atoms with E-state index in [0.29, 0.717) is 17.1 Å². The van der Waals surface area contributed by atoms with Gasteiger partial charge < -0.3 is 10.5 Å². The molecule has 0 atom stereocenters. The molecule has 0 aliphatic carbocycles. The van der Waals surface area contributed by atoms with Crippen LogP contribution in [0.2, 0.25) is 0 Å². The number of methoxy groups -OCH3 is 1. The monoisotopic (exact) mass is 164 g/mol. The van der Waals surface area contributed by atoms with E-state index >= 15 is 0 Å². The van der Waals surface area contributed by atoms with Crippen LogP contribution in [0, 0.1) is 0 Å². The van der Waals surface area contributed by atoms with Crippen molar-refractivity contribution in [2.24, 2.45) is 5.11 Å². The number of benzene rings is 1. The van der Waals surface area contributed by atoms with Gasteiger partial charge in [-0.2, -0.15) is 0 Å². The third-order valence-corrected chi connectivity index (χ3v) is 1.39. The third kappa shape index (κ3) is 1.59. The van der Waals surface area contributed by atoms with E-state index in [-0.39, 0.29) is 0 Å². The molecule has 0 aliphatic heterocycles. The Morgan fingerprint density at radius 3 is 2.83 bits per heavy atom. The highest BCUT2D eigenvalue weighted by Crippen LogP contribution is 2.26. The van der Waals surface area contributed by atoms with Crippen LogP contribution in [0.5, 0.6) is 5.75 Å². The molecule has 0 saturated carbocycles. The Morgan fingerprint density at radius 2 is 2.33 bits per heavy atom. The summed E-state index contributed by atoms with van der Waals surface area (Å²) in [5.41, 5.74) is 14.5. The van der Waals surface area contributed by atoms with Gasteiger partial charge in [-0.1, -0.05) is 5.11 Å². The number of hydrogen-bond donors (Lipinski definition) is 1. The van der Waals surface area contributed by atoms with Crippen molar-refractivity contribution in [3.63, 3.8) is 0 Å². The minimum Gasteiger partial charge on any atom is -0.497 e. The number of nitrogens with two attached hydrogens (primary N) is 1. The summed E-state index contributed by atoms with van der Waals surface area (Å²) in [6, 6.07) is 4.89. The number of azide groups is 1. The van der Waals surface area contributed by atoms with Crippen molar-refractivity contribution in [2.45, 2.75) is 0 Å². The van der Waals surface area contributed by atoms with Crippen molar-refractivity contribution in [2.75, 3.05) is 12.8 Å². The van der Waals surface area contributed by atoms with Gasteiger partial charge in [0.05, 0.1) is 12.8 Å². The summed E-state index contributed by atoms with van der Waals surface area (Å²) in [4.78, 5) is 2.63. The molecule has 0 radical (unpaired) electrons. The standard InChI is InChI=1S/C7H8N4O/c1-12-5-2-3-7(10-11-9)6(8)4-5/h2-4H,8H2,1H3. The Bertz CT molecular complexity index is 330. The van der Waals surface area contributed by atoms with Gasteiger partial charge in [0, 0.05) is 16.7 Å². The SMILES string of the molecule is COc1ccc(N=[N+]=[N-])c(N)c1. The highest BCUT2D eigenvalue weighted by molar-refractivity contribution is 5.64. The van der Waals surface area contributed by atoms with E-state index in [1.807, 2.05) is 0 Å². The Morgan fingerprint density at radius 1 is 1.58 bits per heavy atom. The molecular formula is C7H8N4O. The Kier molecular flexibility index (Phi) is 2.40. The fraction of sp³-hybridized carbons (Fsp3) is 0.143. The van der Waals surface area contributed by atoms with Crippen LogP contribution in [-0.2, 0) is 0 Å². The molecule has 0 unspecified atom stereocenters. The van der Waals surface area contributed by atoms with E-state index in [0.717, 1.165) is 0 Å². The van der Waals surface area contributed by atoms with Crippen LogP contribution < -0.4 is 10.5 Å². The average molecular weight is 164 g/mol. The summed E-state index contributed by atoms with van der Waals surface area (Å²) in [5, 5.41) is 3.38. The predicted octanol–water partition coefficient (Wildman–Crippen LogP) is 2.22. The molecule has 0 spiro atoms. The van der Waals surface area contributed by atoms with Gasteiger partial charge in [-0.15, -0.1) is 0 Å². The Labute approximate surface area is 69.4 Å². The fourth-order valence-electron chi connectivity index (χ4n) is 0.799. The van der Waals surface area contributed by atoms with Crippen LogP contribution >= 0.6 is 0 Å². The summed E-state index contributed by atoms with van der Waals surface area (Å²) < 4.78 is 4.91. The summed E-state index contributed by atoms with van der Waals surface area (Å²) in [7, 11) is 1.54. The number of anilines is 1. The van der Waals surface area contributed by atoms with E-state index < -0.39 is 0 Å². The number of hydrogen-bond acceptors (Lipinski definition) is 3. The molecule has 1 aromatic carbocycles. The molecule has 5 heteroatoms. The third-order valence-electron chi connectivity index (χ3n) is 1.39. The average Bonchev–Trinajstić information content (AvgIpc) is 2.09. The van der Waals surface area contributed by atoms with Crippen molar-refractivity contribution >= 4 is 11.4 Å². The van der Waals surface area contributed by atoms with Gasteiger partial charge in [0.2, 0.25) is 0 Å². The summed E-state index contributed by atoms with van der Waals surface area (Å²) in [5.74, 6) is 0.643. The topological polar surface area (TPSA) is 84.0 Å². The first-order valence-electron chi connectivity index (χ1n) is 3.26. The number of nitrogen functional groups attached to an aromatic ring is 1. The highest BCUT2D eigenvalue weighted by Gasteiger charge is 1.97. The van der Waals surface area contributed by atoms with Gasteiger partial charge >= 0.3 is 0 Å². The quantitative estimate of drug-likeness (QED) is 0.314. The molecule has 0 bridgehead atoms. The molecule has 0 heterocycles. The summed E-state index contributed by atoms with van der Waals surface area (Å²) >= 11 is 0. The lowest BCUT2D eigenvalue weighted by atomic mass is 10.2. The largest absolute Gasteiger partial charge is 0.497 e. The molecule has 0 fully saturated rings. The molecule has 0 aliphatic rings. The number of nitrogens with zero attached hydrogens (tertiary/aromatic N) is 3. The van der Waals surface area contributed by atoms with Crippen LogP contribution in [-0.4, -0.2) is 7.11 Å². The smallest absolute Gasteiger partial charge is 0.120 e. The van der Waals surface area contributed by atoms with E-state index in [1.165, 1.54) is 0 Å². The van der Waals surface area contributed by atoms with Crippen LogP contribution in [0.15, 0.2) is 23.3 Å². The van der Waals surface area contributed by atoms with Crippen molar-refractivity contribution in [3.8, 4) is 5.75 Å². The highest BCUT2D eigenvalue weighted by atomic mass is 16.5. The minimum absolute atomic E-state index is 0.409. The molecule has 0 aromatic heterocycles. The Hall–Kier alpha value is -1.87. The molecule has 1 aromatic rings. The zero-order chi connectivity index (χ0) is 8.97. The lowest BCUT2D eigenvalue weighted by Gasteiger charge is -2.02. The molecule has 62 valence electrons. The second-order valence-corrected chi connectivity index (χ2v) is 2.11. The van der Waals surface area contributed by atoms with Gasteiger partial charge in [-0.05, 0) is 17.7 Å². The van der Waals surface area contributed by atoms with E-state index in [9.17, 15) is 0 Å². The maximum atomic E-state index is 8.14. The Balaban J connectivity index is 3.11. The van der Waals surface area contributed by atoms with Gasteiger partial charge in [0.15, 0.2) is 0 Å². The summed E-state index contributed by atoms with van der Waals surface area (Å²) in [6.07, 6.45) is 0.